The highest BCUT2D eigenvalue weighted by Gasteiger charge is 2.32. The standard InChI is InChI=1S/C28H21ClN2O4/c1-14-10-15(2)24-16(3)26(34-23(24)11-14)28(32)33-17-8-9-19-22(12-17)35-27(31)20(13-30)25(19)18-6-4-5-7-21(18)29/h4-12,25H,31H2,1-3H3. The van der Waals surface area contributed by atoms with E-state index >= 15 is 0 Å². The molecule has 0 bridgehead atoms. The van der Waals surface area contributed by atoms with Crippen molar-refractivity contribution in [3.8, 4) is 17.6 Å². The van der Waals surface area contributed by atoms with E-state index < -0.39 is 11.9 Å². The summed E-state index contributed by atoms with van der Waals surface area (Å²) in [6.07, 6.45) is 0. The molecule has 1 atom stereocenters. The molecule has 3 aromatic carbocycles. The molecule has 0 spiro atoms. The maximum atomic E-state index is 13.0. The number of carbonyl (C=O) groups excluding carboxylic acids is 1. The van der Waals surface area contributed by atoms with Gasteiger partial charge in [-0.15, -0.1) is 0 Å². The number of esters is 1. The minimum atomic E-state index is -0.615. The first-order chi connectivity index (χ1) is 16.8. The zero-order valence-corrected chi connectivity index (χ0v) is 20.1. The number of nitriles is 1. The first-order valence-electron chi connectivity index (χ1n) is 11.0. The molecule has 0 fully saturated rings. The van der Waals surface area contributed by atoms with Gasteiger partial charge in [0.1, 0.15) is 28.7 Å². The van der Waals surface area contributed by atoms with Gasteiger partial charge in [-0.2, -0.15) is 5.26 Å². The zero-order valence-electron chi connectivity index (χ0n) is 19.3. The third-order valence-corrected chi connectivity index (χ3v) is 6.52. The van der Waals surface area contributed by atoms with Gasteiger partial charge >= 0.3 is 5.97 Å². The molecule has 0 saturated carbocycles. The fraction of sp³-hybridized carbons (Fsp3) is 0.143. The van der Waals surface area contributed by atoms with Gasteiger partial charge in [-0.3, -0.25) is 0 Å². The average molecular weight is 485 g/mol. The van der Waals surface area contributed by atoms with Crippen LogP contribution < -0.4 is 15.2 Å². The zero-order chi connectivity index (χ0) is 24.9. The monoisotopic (exact) mass is 484 g/mol. The molecule has 0 saturated heterocycles. The largest absolute Gasteiger partial charge is 0.449 e. The highest BCUT2D eigenvalue weighted by molar-refractivity contribution is 6.31. The van der Waals surface area contributed by atoms with Crippen molar-refractivity contribution in [3.63, 3.8) is 0 Å². The second kappa shape index (κ2) is 8.53. The number of ether oxygens (including phenoxy) is 2. The molecule has 0 aliphatic carbocycles. The Morgan fingerprint density at radius 3 is 2.60 bits per heavy atom. The normalized spacial score (nSPS) is 14.9. The molecule has 0 radical (unpaired) electrons. The number of nitrogens with zero attached hydrogens (tertiary/aromatic N) is 1. The fourth-order valence-corrected chi connectivity index (χ4v) is 4.91. The number of hydrogen-bond acceptors (Lipinski definition) is 6. The molecule has 2 N–H and O–H groups in total. The Hall–Kier alpha value is -4.21. The van der Waals surface area contributed by atoms with Gasteiger partial charge < -0.3 is 19.6 Å². The Labute approximate surface area is 207 Å². The van der Waals surface area contributed by atoms with Crippen molar-refractivity contribution >= 4 is 28.5 Å². The molecule has 6 nitrogen and oxygen atoms in total. The van der Waals surface area contributed by atoms with Crippen LogP contribution in [0.25, 0.3) is 11.0 Å². The number of fused-ring (bicyclic) bond motifs is 2. The summed E-state index contributed by atoms with van der Waals surface area (Å²) in [5.74, 6) is -0.363. The van der Waals surface area contributed by atoms with Crippen molar-refractivity contribution in [1.82, 2.24) is 0 Å². The van der Waals surface area contributed by atoms with Gasteiger partial charge in [-0.05, 0) is 55.7 Å². The van der Waals surface area contributed by atoms with E-state index in [-0.39, 0.29) is 23.0 Å². The van der Waals surface area contributed by atoms with Gasteiger partial charge in [-0.1, -0.05) is 41.9 Å². The number of carbonyl (C=O) groups is 1. The Bertz CT molecular complexity index is 1590. The number of benzene rings is 3. The van der Waals surface area contributed by atoms with E-state index in [0.717, 1.165) is 27.6 Å². The van der Waals surface area contributed by atoms with Gasteiger partial charge in [0.15, 0.2) is 0 Å². The minimum Gasteiger partial charge on any atom is -0.449 e. The van der Waals surface area contributed by atoms with Crippen LogP contribution in [0.4, 0.5) is 0 Å². The van der Waals surface area contributed by atoms with Crippen molar-refractivity contribution in [2.45, 2.75) is 26.7 Å². The maximum Gasteiger partial charge on any atom is 0.379 e. The molecule has 174 valence electrons. The summed E-state index contributed by atoms with van der Waals surface area (Å²) in [7, 11) is 0. The lowest BCUT2D eigenvalue weighted by Crippen LogP contribution is -2.21. The quantitative estimate of drug-likeness (QED) is 0.265. The van der Waals surface area contributed by atoms with E-state index in [1.54, 1.807) is 24.3 Å². The predicted molar refractivity (Wildman–Crippen MR) is 133 cm³/mol. The SMILES string of the molecule is Cc1cc(C)c2c(C)c(C(=O)Oc3ccc4c(c3)OC(N)=C(C#N)C4c3ccccc3Cl)oc2c1. The number of halogens is 1. The third-order valence-electron chi connectivity index (χ3n) is 6.17. The van der Waals surface area contributed by atoms with Crippen molar-refractivity contribution in [3.05, 3.63) is 105 Å². The topological polar surface area (TPSA) is 98.5 Å². The lowest BCUT2D eigenvalue weighted by molar-refractivity contribution is 0.0702. The number of allylic oxidation sites excluding steroid dienone is 1. The first-order valence-corrected chi connectivity index (χ1v) is 11.3. The van der Waals surface area contributed by atoms with E-state index in [9.17, 15) is 10.1 Å². The Morgan fingerprint density at radius 1 is 1.09 bits per heavy atom. The molecule has 7 heteroatoms. The number of aryl methyl sites for hydroxylation is 3. The van der Waals surface area contributed by atoms with Gasteiger partial charge in [0.05, 0.1) is 5.92 Å². The van der Waals surface area contributed by atoms with Crippen molar-refractivity contribution < 1.29 is 18.7 Å². The number of rotatable bonds is 3. The summed E-state index contributed by atoms with van der Waals surface area (Å²) >= 11 is 6.44. The molecule has 0 amide bonds. The van der Waals surface area contributed by atoms with E-state index in [4.69, 9.17) is 31.2 Å². The lowest BCUT2D eigenvalue weighted by Gasteiger charge is -2.27. The Kier molecular flexibility index (Phi) is 5.50. The number of nitrogens with two attached hydrogens (primary N) is 1. The van der Waals surface area contributed by atoms with Crippen molar-refractivity contribution in [2.24, 2.45) is 5.73 Å². The van der Waals surface area contributed by atoms with Gasteiger partial charge in [0, 0.05) is 27.6 Å². The number of hydrogen-bond donors (Lipinski definition) is 1. The van der Waals surface area contributed by atoms with Crippen LogP contribution in [0.1, 0.15) is 44.3 Å². The smallest absolute Gasteiger partial charge is 0.379 e. The third kappa shape index (κ3) is 3.80. The van der Waals surface area contributed by atoms with E-state index in [2.05, 4.69) is 6.07 Å². The summed E-state index contributed by atoms with van der Waals surface area (Å²) in [5.41, 5.74) is 11.2. The van der Waals surface area contributed by atoms with Crippen LogP contribution in [0.5, 0.6) is 11.5 Å². The number of furan rings is 1. The highest BCUT2D eigenvalue weighted by atomic mass is 35.5. The molecule has 1 unspecified atom stereocenters. The molecule has 5 rings (SSSR count). The van der Waals surface area contributed by atoms with Crippen LogP contribution in [-0.2, 0) is 0 Å². The molecule has 2 heterocycles. The summed E-state index contributed by atoms with van der Waals surface area (Å²) in [5, 5.41) is 11.2. The Morgan fingerprint density at radius 2 is 1.86 bits per heavy atom. The lowest BCUT2D eigenvalue weighted by atomic mass is 9.83. The molecule has 1 aromatic heterocycles. The highest BCUT2D eigenvalue weighted by Crippen LogP contribution is 2.45. The fourth-order valence-electron chi connectivity index (χ4n) is 4.67. The predicted octanol–water partition coefficient (Wildman–Crippen LogP) is 6.45. The van der Waals surface area contributed by atoms with E-state index in [1.807, 2.05) is 51.1 Å². The summed E-state index contributed by atoms with van der Waals surface area (Å²) < 4.78 is 17.2. The van der Waals surface area contributed by atoms with Gasteiger partial charge in [0.2, 0.25) is 11.6 Å². The van der Waals surface area contributed by atoms with Gasteiger partial charge in [-0.25, -0.2) is 4.79 Å². The average Bonchev–Trinajstić information content (AvgIpc) is 3.15. The summed E-state index contributed by atoms with van der Waals surface area (Å²) in [6, 6.07) is 18.3. The van der Waals surface area contributed by atoms with Gasteiger partial charge in [0.25, 0.3) is 0 Å². The maximum absolute atomic E-state index is 13.0. The summed E-state index contributed by atoms with van der Waals surface area (Å²) in [4.78, 5) is 13.0. The summed E-state index contributed by atoms with van der Waals surface area (Å²) in [6.45, 7) is 5.80. The van der Waals surface area contributed by atoms with E-state index in [1.165, 1.54) is 0 Å². The van der Waals surface area contributed by atoms with E-state index in [0.29, 0.717) is 21.9 Å². The van der Waals surface area contributed by atoms with Crippen LogP contribution in [-0.4, -0.2) is 5.97 Å². The Balaban J connectivity index is 1.51. The van der Waals surface area contributed by atoms with Crippen molar-refractivity contribution in [1.29, 1.82) is 5.26 Å². The van der Waals surface area contributed by atoms with Crippen LogP contribution in [0.15, 0.2) is 70.5 Å². The first kappa shape index (κ1) is 22.6. The molecule has 1 aliphatic rings. The van der Waals surface area contributed by atoms with Crippen LogP contribution in [0, 0.1) is 32.1 Å². The second-order valence-corrected chi connectivity index (χ2v) is 8.95. The molecular formula is C28H21ClN2O4. The minimum absolute atomic E-state index is 0.0210. The molecular weight excluding hydrogens is 464 g/mol. The van der Waals surface area contributed by atoms with Crippen LogP contribution in [0.2, 0.25) is 5.02 Å². The second-order valence-electron chi connectivity index (χ2n) is 8.55. The molecule has 35 heavy (non-hydrogen) atoms. The molecule has 4 aromatic rings. The van der Waals surface area contributed by atoms with Crippen LogP contribution in [0.3, 0.4) is 0 Å². The van der Waals surface area contributed by atoms with Crippen LogP contribution >= 0.6 is 11.6 Å². The molecule has 1 aliphatic heterocycles. The van der Waals surface area contributed by atoms with Crippen molar-refractivity contribution in [2.75, 3.05) is 0 Å².